The van der Waals surface area contributed by atoms with Gasteiger partial charge in [-0.05, 0) is 28.1 Å². The molecule has 0 heterocycles. The number of halogens is 2. The first-order valence-corrected chi connectivity index (χ1v) is 3.67. The Kier molecular flexibility index (Phi) is 2.34. The molecule has 0 aliphatic rings. The van der Waals surface area contributed by atoms with Gasteiger partial charge in [-0.15, -0.1) is 0 Å². The van der Waals surface area contributed by atoms with Crippen LogP contribution in [0.15, 0.2) is 16.6 Å². The van der Waals surface area contributed by atoms with E-state index in [1.807, 2.05) is 0 Å². The molecule has 2 nitrogen and oxygen atoms in total. The maximum absolute atomic E-state index is 12.7. The normalized spacial score (nSPS) is 9.73. The summed E-state index contributed by atoms with van der Waals surface area (Å²) < 4.78 is 17.7. The summed E-state index contributed by atoms with van der Waals surface area (Å²) in [5, 5.41) is 9.17. The van der Waals surface area contributed by atoms with Crippen molar-refractivity contribution in [3.63, 3.8) is 0 Å². The van der Waals surface area contributed by atoms with E-state index in [4.69, 9.17) is 5.11 Å². The Hall–Kier alpha value is -0.770. The smallest absolute Gasteiger partial charge is 0.197 e. The van der Waals surface area contributed by atoms with Crippen LogP contribution >= 0.6 is 15.9 Å². The van der Waals surface area contributed by atoms with E-state index in [0.717, 1.165) is 0 Å². The van der Waals surface area contributed by atoms with Crippen molar-refractivity contribution in [2.24, 2.45) is 0 Å². The Balaban J connectivity index is 3.29. The second kappa shape index (κ2) is 3.09. The van der Waals surface area contributed by atoms with Crippen LogP contribution in [0.2, 0.25) is 0 Å². The number of ether oxygens (including phenoxy) is 1. The van der Waals surface area contributed by atoms with Crippen LogP contribution in [-0.4, -0.2) is 12.2 Å². The van der Waals surface area contributed by atoms with Crippen molar-refractivity contribution in [3.05, 3.63) is 22.4 Å². The molecule has 0 atom stereocenters. The third-order valence-electron chi connectivity index (χ3n) is 1.24. The van der Waals surface area contributed by atoms with Gasteiger partial charge < -0.3 is 9.84 Å². The fourth-order valence-electron chi connectivity index (χ4n) is 0.717. The first-order chi connectivity index (χ1) is 5.16. The molecule has 4 heteroatoms. The topological polar surface area (TPSA) is 29.5 Å². The van der Waals surface area contributed by atoms with Crippen molar-refractivity contribution < 1.29 is 14.2 Å². The SMILES string of the molecule is COc1c(F)ccc(Br)c1O. The number of hydrogen-bond donors (Lipinski definition) is 1. The molecule has 0 fully saturated rings. The zero-order valence-corrected chi connectivity index (χ0v) is 7.35. The standard InChI is InChI=1S/C7H6BrFO2/c1-11-7-5(9)3-2-4(8)6(7)10/h2-3,10H,1H3. The molecule has 1 rings (SSSR count). The predicted molar refractivity (Wildman–Crippen MR) is 42.3 cm³/mol. The summed E-state index contributed by atoms with van der Waals surface area (Å²) in [6, 6.07) is 2.62. The van der Waals surface area contributed by atoms with Crippen molar-refractivity contribution in [1.82, 2.24) is 0 Å². The van der Waals surface area contributed by atoms with Crippen molar-refractivity contribution in [1.29, 1.82) is 0 Å². The van der Waals surface area contributed by atoms with Crippen molar-refractivity contribution in [3.8, 4) is 11.5 Å². The minimum atomic E-state index is -0.576. The van der Waals surface area contributed by atoms with E-state index in [9.17, 15) is 4.39 Å². The van der Waals surface area contributed by atoms with E-state index in [1.54, 1.807) is 0 Å². The Morgan fingerprint density at radius 3 is 2.64 bits per heavy atom. The fourth-order valence-corrected chi connectivity index (χ4v) is 1.03. The quantitative estimate of drug-likeness (QED) is 0.788. The number of benzene rings is 1. The summed E-state index contributed by atoms with van der Waals surface area (Å²) in [7, 11) is 1.30. The fraction of sp³-hybridized carbons (Fsp3) is 0.143. The lowest BCUT2D eigenvalue weighted by Gasteiger charge is -2.04. The molecule has 0 spiro atoms. The lowest BCUT2D eigenvalue weighted by atomic mass is 10.3. The number of phenols is 1. The summed E-state index contributed by atoms with van der Waals surface area (Å²) in [5.74, 6) is -0.930. The molecule has 0 unspecified atom stereocenters. The Labute approximate surface area is 71.7 Å². The molecule has 11 heavy (non-hydrogen) atoms. The van der Waals surface area contributed by atoms with E-state index in [-0.39, 0.29) is 11.5 Å². The molecule has 60 valence electrons. The lowest BCUT2D eigenvalue weighted by molar-refractivity contribution is 0.350. The molecule has 0 saturated carbocycles. The summed E-state index contributed by atoms with van der Waals surface area (Å²) >= 11 is 3.02. The van der Waals surface area contributed by atoms with Crippen molar-refractivity contribution >= 4 is 15.9 Å². The van der Waals surface area contributed by atoms with Gasteiger partial charge in [0.25, 0.3) is 0 Å². The third kappa shape index (κ3) is 1.45. The van der Waals surface area contributed by atoms with E-state index >= 15 is 0 Å². The maximum Gasteiger partial charge on any atom is 0.197 e. The van der Waals surface area contributed by atoms with Crippen LogP contribution in [0.3, 0.4) is 0 Å². The highest BCUT2D eigenvalue weighted by Crippen LogP contribution is 2.35. The number of aromatic hydroxyl groups is 1. The Morgan fingerprint density at radius 2 is 2.18 bits per heavy atom. The van der Waals surface area contributed by atoms with Gasteiger partial charge in [-0.3, -0.25) is 0 Å². The van der Waals surface area contributed by atoms with E-state index < -0.39 is 5.82 Å². The molecule has 0 aliphatic carbocycles. The zero-order chi connectivity index (χ0) is 8.43. The molecule has 0 bridgehead atoms. The highest BCUT2D eigenvalue weighted by molar-refractivity contribution is 9.10. The monoisotopic (exact) mass is 220 g/mol. The van der Waals surface area contributed by atoms with Gasteiger partial charge in [0.1, 0.15) is 0 Å². The molecule has 1 aromatic rings. The molecule has 0 amide bonds. The average molecular weight is 221 g/mol. The highest BCUT2D eigenvalue weighted by Gasteiger charge is 2.10. The number of methoxy groups -OCH3 is 1. The first-order valence-electron chi connectivity index (χ1n) is 2.87. The van der Waals surface area contributed by atoms with Gasteiger partial charge in [0.2, 0.25) is 0 Å². The molecule has 1 N–H and O–H groups in total. The van der Waals surface area contributed by atoms with E-state index in [1.165, 1.54) is 19.2 Å². The van der Waals surface area contributed by atoms with Gasteiger partial charge >= 0.3 is 0 Å². The number of hydrogen-bond acceptors (Lipinski definition) is 2. The summed E-state index contributed by atoms with van der Waals surface area (Å²) in [6.07, 6.45) is 0. The predicted octanol–water partition coefficient (Wildman–Crippen LogP) is 2.30. The largest absolute Gasteiger partial charge is 0.503 e. The number of rotatable bonds is 1. The number of phenolic OH excluding ortho intramolecular Hbond substituents is 1. The summed E-state index contributed by atoms with van der Waals surface area (Å²) in [6.45, 7) is 0. The molecule has 0 aliphatic heterocycles. The van der Waals surface area contributed by atoms with E-state index in [2.05, 4.69) is 20.7 Å². The van der Waals surface area contributed by atoms with Gasteiger partial charge in [0.15, 0.2) is 17.3 Å². The Morgan fingerprint density at radius 1 is 1.55 bits per heavy atom. The summed E-state index contributed by atoms with van der Waals surface area (Å²) in [5.41, 5.74) is 0. The second-order valence-electron chi connectivity index (χ2n) is 1.91. The highest BCUT2D eigenvalue weighted by atomic mass is 79.9. The molecule has 0 aromatic heterocycles. The molecule has 0 saturated heterocycles. The van der Waals surface area contributed by atoms with Crippen LogP contribution in [0, 0.1) is 5.82 Å². The van der Waals surface area contributed by atoms with Gasteiger partial charge in [-0.25, -0.2) is 4.39 Å². The van der Waals surface area contributed by atoms with Crippen LogP contribution in [0.1, 0.15) is 0 Å². The maximum atomic E-state index is 12.7. The van der Waals surface area contributed by atoms with Crippen molar-refractivity contribution in [2.45, 2.75) is 0 Å². The van der Waals surface area contributed by atoms with Gasteiger partial charge in [-0.1, -0.05) is 0 Å². The molecular weight excluding hydrogens is 215 g/mol. The minimum Gasteiger partial charge on any atom is -0.503 e. The first kappa shape index (κ1) is 8.33. The minimum absolute atomic E-state index is 0.139. The van der Waals surface area contributed by atoms with Crippen LogP contribution in [0.4, 0.5) is 4.39 Å². The van der Waals surface area contributed by atoms with Crippen LogP contribution in [0.25, 0.3) is 0 Å². The van der Waals surface area contributed by atoms with Crippen molar-refractivity contribution in [2.75, 3.05) is 7.11 Å². The van der Waals surface area contributed by atoms with E-state index in [0.29, 0.717) is 4.47 Å². The zero-order valence-electron chi connectivity index (χ0n) is 5.77. The van der Waals surface area contributed by atoms with Gasteiger partial charge in [-0.2, -0.15) is 0 Å². The molecule has 1 aromatic carbocycles. The lowest BCUT2D eigenvalue weighted by Crippen LogP contribution is -1.88. The molecular formula is C7H6BrFO2. The average Bonchev–Trinajstić information content (AvgIpc) is 1.99. The Bertz CT molecular complexity index is 275. The van der Waals surface area contributed by atoms with Crippen LogP contribution in [-0.2, 0) is 0 Å². The van der Waals surface area contributed by atoms with Crippen LogP contribution < -0.4 is 4.74 Å². The third-order valence-corrected chi connectivity index (χ3v) is 1.88. The van der Waals surface area contributed by atoms with Gasteiger partial charge in [0, 0.05) is 0 Å². The summed E-state index contributed by atoms with van der Waals surface area (Å²) in [4.78, 5) is 0. The van der Waals surface area contributed by atoms with Gasteiger partial charge in [0.05, 0.1) is 11.6 Å². The van der Waals surface area contributed by atoms with Crippen LogP contribution in [0.5, 0.6) is 11.5 Å². The molecule has 0 radical (unpaired) electrons. The second-order valence-corrected chi connectivity index (χ2v) is 2.77.